The van der Waals surface area contributed by atoms with Crippen LogP contribution in [0.1, 0.15) is 58.5 Å². The fraction of sp³-hybridized carbons (Fsp3) is 0.500. The lowest BCUT2D eigenvalue weighted by Gasteiger charge is -2.28. The van der Waals surface area contributed by atoms with Crippen LogP contribution >= 0.6 is 11.6 Å². The molecular formula is C18H24ClFN2. The van der Waals surface area contributed by atoms with E-state index in [9.17, 15) is 4.39 Å². The van der Waals surface area contributed by atoms with Crippen LogP contribution in [0.3, 0.4) is 0 Å². The first-order valence-electron chi connectivity index (χ1n) is 7.49. The predicted octanol–water partition coefficient (Wildman–Crippen LogP) is 5.57. The lowest BCUT2D eigenvalue weighted by Crippen LogP contribution is -2.24. The van der Waals surface area contributed by atoms with Gasteiger partial charge < -0.3 is 0 Å². The quantitative estimate of drug-likeness (QED) is 0.671. The molecule has 4 heteroatoms. The second-order valence-electron chi connectivity index (χ2n) is 7.82. The van der Waals surface area contributed by atoms with E-state index in [1.165, 1.54) is 17.7 Å². The highest BCUT2D eigenvalue weighted by atomic mass is 35.5. The van der Waals surface area contributed by atoms with Gasteiger partial charge in [0, 0.05) is 11.0 Å². The van der Waals surface area contributed by atoms with Crippen molar-refractivity contribution in [3.8, 4) is 5.69 Å². The van der Waals surface area contributed by atoms with Gasteiger partial charge in [-0.2, -0.15) is 5.10 Å². The van der Waals surface area contributed by atoms with Crippen LogP contribution < -0.4 is 0 Å². The van der Waals surface area contributed by atoms with Crippen molar-refractivity contribution in [1.29, 1.82) is 0 Å². The topological polar surface area (TPSA) is 17.8 Å². The summed E-state index contributed by atoms with van der Waals surface area (Å²) in [5.41, 5.74) is 3.90. The summed E-state index contributed by atoms with van der Waals surface area (Å²) in [6, 6.07) is 4.43. The molecular weight excluding hydrogens is 299 g/mol. The minimum Gasteiger partial charge on any atom is -0.235 e. The molecule has 1 heterocycles. The molecule has 0 saturated carbocycles. The summed E-state index contributed by atoms with van der Waals surface area (Å²) < 4.78 is 15.2. The first-order valence-corrected chi connectivity index (χ1v) is 7.86. The van der Waals surface area contributed by atoms with Crippen molar-refractivity contribution in [1.82, 2.24) is 9.78 Å². The molecule has 0 atom stereocenters. The van der Waals surface area contributed by atoms with Gasteiger partial charge in [-0.3, -0.25) is 0 Å². The van der Waals surface area contributed by atoms with E-state index < -0.39 is 0 Å². The molecule has 1 aromatic carbocycles. The number of hydrogen-bond acceptors (Lipinski definition) is 1. The van der Waals surface area contributed by atoms with Crippen molar-refractivity contribution in [3.63, 3.8) is 0 Å². The first-order chi connectivity index (χ1) is 9.93. The molecule has 1 aromatic heterocycles. The molecule has 0 aliphatic rings. The van der Waals surface area contributed by atoms with E-state index in [4.69, 9.17) is 16.7 Å². The molecule has 0 fully saturated rings. The standard InChI is InChI=1S/C18H24ClFN2/c1-11-15(17(2,3)4)16(18(5,6)7)22(21-11)14-9-8-12(20)10-13(14)19/h8-10H,1-7H3. The smallest absolute Gasteiger partial charge is 0.124 e. The van der Waals surface area contributed by atoms with E-state index in [2.05, 4.69) is 41.5 Å². The number of halogens is 2. The third-order valence-corrected chi connectivity index (χ3v) is 3.96. The van der Waals surface area contributed by atoms with E-state index >= 15 is 0 Å². The summed E-state index contributed by atoms with van der Waals surface area (Å²) in [7, 11) is 0. The highest BCUT2D eigenvalue weighted by Crippen LogP contribution is 2.38. The molecule has 2 nitrogen and oxygen atoms in total. The lowest BCUT2D eigenvalue weighted by molar-refractivity contribution is 0.505. The fourth-order valence-electron chi connectivity index (χ4n) is 2.95. The third-order valence-electron chi connectivity index (χ3n) is 3.66. The van der Waals surface area contributed by atoms with Crippen molar-refractivity contribution in [2.75, 3.05) is 0 Å². The van der Waals surface area contributed by atoms with E-state index in [0.29, 0.717) is 10.7 Å². The van der Waals surface area contributed by atoms with Crippen molar-refractivity contribution in [2.24, 2.45) is 0 Å². The SMILES string of the molecule is Cc1nn(-c2ccc(F)cc2Cl)c(C(C)(C)C)c1C(C)(C)C. The second kappa shape index (κ2) is 5.38. The van der Waals surface area contributed by atoms with Crippen LogP contribution in [0.15, 0.2) is 18.2 Å². The highest BCUT2D eigenvalue weighted by Gasteiger charge is 2.33. The fourth-order valence-corrected chi connectivity index (χ4v) is 3.19. The largest absolute Gasteiger partial charge is 0.235 e. The number of benzene rings is 1. The van der Waals surface area contributed by atoms with E-state index in [-0.39, 0.29) is 16.6 Å². The predicted molar refractivity (Wildman–Crippen MR) is 90.7 cm³/mol. The van der Waals surface area contributed by atoms with Crippen molar-refractivity contribution in [3.05, 3.63) is 46.0 Å². The zero-order valence-electron chi connectivity index (χ0n) is 14.4. The molecule has 2 rings (SSSR count). The van der Waals surface area contributed by atoms with Gasteiger partial charge in [0.25, 0.3) is 0 Å². The zero-order valence-corrected chi connectivity index (χ0v) is 15.1. The number of nitrogens with zero attached hydrogens (tertiary/aromatic N) is 2. The van der Waals surface area contributed by atoms with Crippen LogP contribution in [-0.4, -0.2) is 9.78 Å². The molecule has 0 aliphatic heterocycles. The van der Waals surface area contributed by atoms with Gasteiger partial charge in [0.05, 0.1) is 22.1 Å². The van der Waals surface area contributed by atoms with Gasteiger partial charge in [0.1, 0.15) is 5.82 Å². The summed E-state index contributed by atoms with van der Waals surface area (Å²) >= 11 is 6.26. The Morgan fingerprint density at radius 1 is 1.05 bits per heavy atom. The Morgan fingerprint density at radius 3 is 2.09 bits per heavy atom. The first kappa shape index (κ1) is 17.0. The summed E-state index contributed by atoms with van der Waals surface area (Å²) in [5, 5.41) is 5.08. The molecule has 0 amide bonds. The van der Waals surface area contributed by atoms with Crippen LogP contribution in [0.25, 0.3) is 5.69 Å². The number of rotatable bonds is 1. The maximum absolute atomic E-state index is 13.4. The summed E-state index contributed by atoms with van der Waals surface area (Å²) in [5.74, 6) is -0.342. The third kappa shape index (κ3) is 3.05. The zero-order chi connectivity index (χ0) is 16.9. The molecule has 0 aliphatic carbocycles. The molecule has 120 valence electrons. The average molecular weight is 323 g/mol. The molecule has 0 spiro atoms. The minimum absolute atomic E-state index is 0.0303. The Labute approximate surface area is 137 Å². The van der Waals surface area contributed by atoms with E-state index in [0.717, 1.165) is 11.4 Å². The van der Waals surface area contributed by atoms with Gasteiger partial charge in [-0.25, -0.2) is 9.07 Å². The van der Waals surface area contributed by atoms with Crippen molar-refractivity contribution < 1.29 is 4.39 Å². The maximum atomic E-state index is 13.4. The van der Waals surface area contributed by atoms with Crippen LogP contribution in [0, 0.1) is 12.7 Å². The second-order valence-corrected chi connectivity index (χ2v) is 8.22. The Hall–Kier alpha value is -1.35. The van der Waals surface area contributed by atoms with Gasteiger partial charge in [0.15, 0.2) is 0 Å². The van der Waals surface area contributed by atoms with Gasteiger partial charge >= 0.3 is 0 Å². The molecule has 22 heavy (non-hydrogen) atoms. The highest BCUT2D eigenvalue weighted by molar-refractivity contribution is 6.32. The number of aromatic nitrogens is 2. The Balaban J connectivity index is 2.83. The van der Waals surface area contributed by atoms with Crippen molar-refractivity contribution in [2.45, 2.75) is 59.3 Å². The van der Waals surface area contributed by atoms with Crippen LogP contribution in [-0.2, 0) is 10.8 Å². The molecule has 0 unspecified atom stereocenters. The molecule has 0 saturated heterocycles. The molecule has 0 radical (unpaired) electrons. The van der Waals surface area contributed by atoms with Gasteiger partial charge in [0.2, 0.25) is 0 Å². The van der Waals surface area contributed by atoms with Crippen molar-refractivity contribution >= 4 is 11.6 Å². The Bertz CT molecular complexity index is 703. The normalized spacial score (nSPS) is 12.8. The van der Waals surface area contributed by atoms with Gasteiger partial charge in [-0.1, -0.05) is 53.1 Å². The Kier molecular flexibility index (Phi) is 4.16. The average Bonchev–Trinajstić information content (AvgIpc) is 2.65. The summed E-state index contributed by atoms with van der Waals surface area (Å²) in [6.07, 6.45) is 0. The Morgan fingerprint density at radius 2 is 1.64 bits per heavy atom. The monoisotopic (exact) mass is 322 g/mol. The summed E-state index contributed by atoms with van der Waals surface area (Å²) in [4.78, 5) is 0. The number of hydrogen-bond donors (Lipinski definition) is 0. The molecule has 0 bridgehead atoms. The van der Waals surface area contributed by atoms with Gasteiger partial charge in [-0.05, 0) is 30.5 Å². The maximum Gasteiger partial charge on any atom is 0.124 e. The summed E-state index contributed by atoms with van der Waals surface area (Å²) in [6.45, 7) is 15.0. The van der Waals surface area contributed by atoms with Crippen LogP contribution in [0.4, 0.5) is 4.39 Å². The van der Waals surface area contributed by atoms with E-state index in [1.807, 2.05) is 11.6 Å². The molecule has 0 N–H and O–H groups in total. The van der Waals surface area contributed by atoms with Gasteiger partial charge in [-0.15, -0.1) is 0 Å². The lowest BCUT2D eigenvalue weighted by atomic mass is 9.78. The van der Waals surface area contributed by atoms with Crippen LogP contribution in [0.5, 0.6) is 0 Å². The minimum atomic E-state index is -0.342. The molecule has 2 aromatic rings. The van der Waals surface area contributed by atoms with Crippen LogP contribution in [0.2, 0.25) is 5.02 Å². The number of aryl methyl sites for hydroxylation is 1. The van der Waals surface area contributed by atoms with E-state index in [1.54, 1.807) is 6.07 Å².